The zero-order valence-corrected chi connectivity index (χ0v) is 12.6. The second-order valence-electron chi connectivity index (χ2n) is 4.74. The van der Waals surface area contributed by atoms with Crippen LogP contribution in [0, 0.1) is 12.7 Å². The Morgan fingerprint density at radius 1 is 1.45 bits per heavy atom. The molecular formula is C15H14FN3O2S. The fraction of sp³-hybridized carbons (Fsp3) is 0.200. The van der Waals surface area contributed by atoms with Gasteiger partial charge in [-0.2, -0.15) is 0 Å². The molecule has 0 bridgehead atoms. The summed E-state index contributed by atoms with van der Waals surface area (Å²) in [6.45, 7) is 2.01. The Kier molecular flexibility index (Phi) is 3.91. The van der Waals surface area contributed by atoms with Gasteiger partial charge in [-0.1, -0.05) is 12.1 Å². The number of carbonyl (C=O) groups excluding carboxylic acids is 1. The second-order valence-corrected chi connectivity index (χ2v) is 5.94. The van der Waals surface area contributed by atoms with Crippen molar-refractivity contribution in [2.75, 3.05) is 6.54 Å². The van der Waals surface area contributed by atoms with E-state index in [0.29, 0.717) is 10.6 Å². The molecule has 3 rings (SSSR count). The molecule has 0 spiro atoms. The molecule has 1 aromatic heterocycles. The molecule has 2 heterocycles. The van der Waals surface area contributed by atoms with E-state index < -0.39 is 6.23 Å². The third-order valence-corrected chi connectivity index (χ3v) is 4.27. The summed E-state index contributed by atoms with van der Waals surface area (Å²) in [5.74, 6) is -0.607. The third kappa shape index (κ3) is 2.60. The van der Waals surface area contributed by atoms with Gasteiger partial charge in [-0.3, -0.25) is 9.69 Å². The normalized spacial score (nSPS) is 16.9. The number of benzene rings is 1. The van der Waals surface area contributed by atoms with Crippen LogP contribution in [0.4, 0.5) is 4.39 Å². The Morgan fingerprint density at radius 2 is 2.18 bits per heavy atom. The van der Waals surface area contributed by atoms with Gasteiger partial charge in [0.25, 0.3) is 5.91 Å². The predicted molar refractivity (Wildman–Crippen MR) is 81.5 cm³/mol. The average molecular weight is 319 g/mol. The molecule has 0 saturated heterocycles. The van der Waals surface area contributed by atoms with Crippen molar-refractivity contribution >= 4 is 17.2 Å². The number of amides is 1. The van der Waals surface area contributed by atoms with E-state index in [2.05, 4.69) is 4.98 Å². The summed E-state index contributed by atoms with van der Waals surface area (Å²) in [7, 11) is 0. The van der Waals surface area contributed by atoms with Crippen LogP contribution in [0.5, 0.6) is 0 Å². The number of hydrogen-bond acceptors (Lipinski definition) is 5. The van der Waals surface area contributed by atoms with E-state index >= 15 is 0 Å². The van der Waals surface area contributed by atoms with Crippen LogP contribution >= 0.6 is 11.3 Å². The first-order chi connectivity index (χ1) is 10.6. The minimum Gasteiger partial charge on any atom is -0.475 e. The SMILES string of the molecule is Cc1nc(C(=O)N2C=COC2CN)c(-c2ccc(F)cc2)s1. The zero-order chi connectivity index (χ0) is 15.7. The van der Waals surface area contributed by atoms with Crippen LogP contribution in [-0.2, 0) is 4.74 Å². The van der Waals surface area contributed by atoms with Crippen LogP contribution in [0.15, 0.2) is 36.7 Å². The van der Waals surface area contributed by atoms with Crippen molar-refractivity contribution in [2.45, 2.75) is 13.2 Å². The number of ether oxygens (including phenoxy) is 1. The first-order valence-electron chi connectivity index (χ1n) is 6.68. The molecule has 1 atom stereocenters. The standard InChI is InChI=1S/C15H14FN3O2S/c1-9-18-13(15(20)19-6-7-21-12(19)8-17)14(22-9)10-2-4-11(16)5-3-10/h2-7,12H,8,17H2,1H3. The second kappa shape index (κ2) is 5.86. The highest BCUT2D eigenvalue weighted by molar-refractivity contribution is 7.15. The van der Waals surface area contributed by atoms with Gasteiger partial charge in [-0.15, -0.1) is 11.3 Å². The highest BCUT2D eigenvalue weighted by Crippen LogP contribution is 2.32. The van der Waals surface area contributed by atoms with Crippen LogP contribution in [0.2, 0.25) is 0 Å². The largest absolute Gasteiger partial charge is 0.475 e. The lowest BCUT2D eigenvalue weighted by Crippen LogP contribution is -2.39. The maximum Gasteiger partial charge on any atom is 0.281 e. The van der Waals surface area contributed by atoms with Gasteiger partial charge in [0.2, 0.25) is 0 Å². The van der Waals surface area contributed by atoms with E-state index in [1.54, 1.807) is 18.3 Å². The van der Waals surface area contributed by atoms with Crippen molar-refractivity contribution in [1.29, 1.82) is 0 Å². The Bertz CT molecular complexity index is 727. The summed E-state index contributed by atoms with van der Waals surface area (Å²) >= 11 is 1.39. The van der Waals surface area contributed by atoms with E-state index in [9.17, 15) is 9.18 Å². The van der Waals surface area contributed by atoms with Crippen LogP contribution in [-0.4, -0.2) is 28.6 Å². The topological polar surface area (TPSA) is 68.5 Å². The number of halogens is 1. The molecule has 22 heavy (non-hydrogen) atoms. The Balaban J connectivity index is 1.99. The number of nitrogens with zero attached hydrogens (tertiary/aromatic N) is 2. The molecule has 0 saturated carbocycles. The maximum absolute atomic E-state index is 13.1. The number of aryl methyl sites for hydroxylation is 1. The molecule has 0 radical (unpaired) electrons. The summed E-state index contributed by atoms with van der Waals surface area (Å²) in [6, 6.07) is 5.99. The predicted octanol–water partition coefficient (Wildman–Crippen LogP) is 2.49. The van der Waals surface area contributed by atoms with E-state index in [1.165, 1.54) is 34.6 Å². The molecule has 1 aliphatic heterocycles. The van der Waals surface area contributed by atoms with Gasteiger partial charge >= 0.3 is 0 Å². The monoisotopic (exact) mass is 319 g/mol. The number of carbonyl (C=O) groups is 1. The highest BCUT2D eigenvalue weighted by Gasteiger charge is 2.30. The van der Waals surface area contributed by atoms with Crippen molar-refractivity contribution in [3.8, 4) is 10.4 Å². The molecule has 0 aliphatic carbocycles. The first kappa shape index (κ1) is 14.7. The summed E-state index contributed by atoms with van der Waals surface area (Å²) in [5, 5.41) is 0.760. The minimum atomic E-state index is -0.518. The van der Waals surface area contributed by atoms with Gasteiger partial charge in [0.1, 0.15) is 17.8 Å². The van der Waals surface area contributed by atoms with Crippen LogP contribution < -0.4 is 5.73 Å². The van der Waals surface area contributed by atoms with Gasteiger partial charge in [-0.05, 0) is 24.6 Å². The highest BCUT2D eigenvalue weighted by atomic mass is 32.1. The van der Waals surface area contributed by atoms with Crippen LogP contribution in [0.1, 0.15) is 15.5 Å². The zero-order valence-electron chi connectivity index (χ0n) is 11.8. The van der Waals surface area contributed by atoms with Gasteiger partial charge in [-0.25, -0.2) is 9.37 Å². The summed E-state index contributed by atoms with van der Waals surface area (Å²) in [6.07, 6.45) is 2.46. The Hall–Kier alpha value is -2.25. The first-order valence-corrected chi connectivity index (χ1v) is 7.50. The van der Waals surface area contributed by atoms with Crippen LogP contribution in [0.3, 0.4) is 0 Å². The fourth-order valence-electron chi connectivity index (χ4n) is 2.21. The number of rotatable bonds is 3. The Morgan fingerprint density at radius 3 is 2.86 bits per heavy atom. The molecule has 0 fully saturated rings. The lowest BCUT2D eigenvalue weighted by atomic mass is 10.1. The van der Waals surface area contributed by atoms with Crippen molar-refractivity contribution in [2.24, 2.45) is 5.73 Å². The van der Waals surface area contributed by atoms with E-state index in [4.69, 9.17) is 10.5 Å². The summed E-state index contributed by atoms with van der Waals surface area (Å²) < 4.78 is 18.3. The molecular weight excluding hydrogens is 305 g/mol. The lowest BCUT2D eigenvalue weighted by molar-refractivity contribution is 0.0442. The number of hydrogen-bond donors (Lipinski definition) is 1. The lowest BCUT2D eigenvalue weighted by Gasteiger charge is -2.20. The number of aromatic nitrogens is 1. The van der Waals surface area contributed by atoms with Gasteiger partial charge < -0.3 is 10.5 Å². The van der Waals surface area contributed by atoms with Crippen LogP contribution in [0.25, 0.3) is 10.4 Å². The van der Waals surface area contributed by atoms with E-state index in [0.717, 1.165) is 10.6 Å². The van der Waals surface area contributed by atoms with Crippen molar-refractivity contribution < 1.29 is 13.9 Å². The maximum atomic E-state index is 13.1. The molecule has 7 heteroatoms. The smallest absolute Gasteiger partial charge is 0.281 e. The molecule has 1 unspecified atom stereocenters. The minimum absolute atomic E-state index is 0.188. The van der Waals surface area contributed by atoms with Crippen molar-refractivity contribution in [3.63, 3.8) is 0 Å². The van der Waals surface area contributed by atoms with Gasteiger partial charge in [0.15, 0.2) is 6.23 Å². The van der Waals surface area contributed by atoms with E-state index in [1.807, 2.05) is 6.92 Å². The average Bonchev–Trinajstić information content (AvgIpc) is 3.13. The molecule has 5 nitrogen and oxygen atoms in total. The number of thiazole rings is 1. The molecule has 2 N–H and O–H groups in total. The fourth-order valence-corrected chi connectivity index (χ4v) is 3.13. The van der Waals surface area contributed by atoms with Gasteiger partial charge in [0.05, 0.1) is 9.88 Å². The molecule has 2 aromatic rings. The summed E-state index contributed by atoms with van der Waals surface area (Å²) in [5.41, 5.74) is 6.67. The summed E-state index contributed by atoms with van der Waals surface area (Å²) in [4.78, 5) is 19.2. The molecule has 114 valence electrons. The third-order valence-electron chi connectivity index (χ3n) is 3.25. The molecule has 1 amide bonds. The number of nitrogens with two attached hydrogens (primary N) is 1. The van der Waals surface area contributed by atoms with Crippen molar-refractivity contribution in [1.82, 2.24) is 9.88 Å². The van der Waals surface area contributed by atoms with E-state index in [-0.39, 0.29) is 18.3 Å². The quantitative estimate of drug-likeness (QED) is 0.944. The Labute approximate surface area is 130 Å². The van der Waals surface area contributed by atoms with Crippen molar-refractivity contribution in [3.05, 3.63) is 53.2 Å². The van der Waals surface area contributed by atoms with Gasteiger partial charge in [0, 0.05) is 12.7 Å². The molecule has 1 aliphatic rings. The molecule has 1 aromatic carbocycles.